The zero-order valence-corrected chi connectivity index (χ0v) is 11.5. The van der Waals surface area contributed by atoms with Crippen molar-refractivity contribution >= 4 is 22.4 Å². The first-order chi connectivity index (χ1) is 9.78. The largest absolute Gasteiger partial charge is 0.455 e. The molecule has 0 unspecified atom stereocenters. The molecule has 0 fully saturated rings. The molecule has 0 spiro atoms. The molecule has 3 aromatic rings. The van der Waals surface area contributed by atoms with Crippen molar-refractivity contribution < 1.29 is 9.84 Å². The summed E-state index contributed by atoms with van der Waals surface area (Å²) in [6.07, 6.45) is 0. The Morgan fingerprint density at radius 1 is 0.900 bits per heavy atom. The third kappa shape index (κ3) is 2.48. The minimum atomic E-state index is -0.0335. The molecule has 0 aliphatic rings. The van der Waals surface area contributed by atoms with E-state index in [0.29, 0.717) is 10.8 Å². The molecule has 0 saturated carbocycles. The number of aliphatic hydroxyl groups is 1. The van der Waals surface area contributed by atoms with Crippen molar-refractivity contribution in [1.82, 2.24) is 0 Å². The molecule has 0 saturated heterocycles. The maximum Gasteiger partial charge on any atom is 0.146 e. The van der Waals surface area contributed by atoms with Crippen LogP contribution in [-0.2, 0) is 6.61 Å². The van der Waals surface area contributed by atoms with Gasteiger partial charge < -0.3 is 9.84 Å². The third-order valence-electron chi connectivity index (χ3n) is 3.15. The molecule has 1 N–H and O–H groups in total. The molecule has 0 heterocycles. The highest BCUT2D eigenvalue weighted by atomic mass is 35.5. The summed E-state index contributed by atoms with van der Waals surface area (Å²) in [7, 11) is 0. The number of hydrogen-bond acceptors (Lipinski definition) is 2. The van der Waals surface area contributed by atoms with Crippen molar-refractivity contribution in [3.05, 3.63) is 71.2 Å². The number of halogens is 1. The van der Waals surface area contributed by atoms with Gasteiger partial charge in [-0.2, -0.15) is 0 Å². The van der Waals surface area contributed by atoms with E-state index in [1.165, 1.54) is 0 Å². The van der Waals surface area contributed by atoms with Gasteiger partial charge in [0.2, 0.25) is 0 Å². The summed E-state index contributed by atoms with van der Waals surface area (Å²) in [6, 6.07) is 19.2. The Hall–Kier alpha value is -2.03. The highest BCUT2D eigenvalue weighted by molar-refractivity contribution is 6.32. The summed E-state index contributed by atoms with van der Waals surface area (Å²) in [5, 5.41) is 11.7. The molecule has 0 aliphatic heterocycles. The van der Waals surface area contributed by atoms with Gasteiger partial charge in [0.15, 0.2) is 0 Å². The standard InChI is InChI=1S/C17H13ClO2/c18-15-10-12(11-19)8-9-17(15)20-16-7-3-5-13-4-1-2-6-14(13)16/h1-10,19H,11H2. The highest BCUT2D eigenvalue weighted by Gasteiger charge is 2.07. The van der Waals surface area contributed by atoms with Crippen molar-refractivity contribution in [2.45, 2.75) is 6.61 Å². The lowest BCUT2D eigenvalue weighted by atomic mass is 10.1. The van der Waals surface area contributed by atoms with Crippen LogP contribution >= 0.6 is 11.6 Å². The van der Waals surface area contributed by atoms with Gasteiger partial charge in [0, 0.05) is 5.39 Å². The number of hydrogen-bond donors (Lipinski definition) is 1. The van der Waals surface area contributed by atoms with Crippen molar-refractivity contribution in [2.75, 3.05) is 0 Å². The molecular formula is C17H13ClO2. The summed E-state index contributed by atoms with van der Waals surface area (Å²) in [6.45, 7) is -0.0335. The van der Waals surface area contributed by atoms with Crippen LogP contribution in [0.4, 0.5) is 0 Å². The summed E-state index contributed by atoms with van der Waals surface area (Å²) < 4.78 is 5.91. The summed E-state index contributed by atoms with van der Waals surface area (Å²) in [5.41, 5.74) is 0.764. The third-order valence-corrected chi connectivity index (χ3v) is 3.44. The Bertz CT molecular complexity index is 748. The molecule has 3 heteroatoms. The maximum absolute atomic E-state index is 9.08. The van der Waals surface area contributed by atoms with Crippen molar-refractivity contribution in [1.29, 1.82) is 0 Å². The van der Waals surface area contributed by atoms with Crippen LogP contribution in [0.15, 0.2) is 60.7 Å². The van der Waals surface area contributed by atoms with Gasteiger partial charge in [0.1, 0.15) is 11.5 Å². The minimum absolute atomic E-state index is 0.0335. The molecular weight excluding hydrogens is 272 g/mol. The lowest BCUT2D eigenvalue weighted by Gasteiger charge is -2.11. The van der Waals surface area contributed by atoms with Crippen molar-refractivity contribution in [3.63, 3.8) is 0 Å². The molecule has 0 bridgehead atoms. The first kappa shape index (κ1) is 13.0. The van der Waals surface area contributed by atoms with Crippen LogP contribution in [0.3, 0.4) is 0 Å². The van der Waals surface area contributed by atoms with E-state index in [9.17, 15) is 0 Å². The Morgan fingerprint density at radius 3 is 2.50 bits per heavy atom. The van der Waals surface area contributed by atoms with E-state index in [2.05, 4.69) is 0 Å². The van der Waals surface area contributed by atoms with Gasteiger partial charge in [-0.25, -0.2) is 0 Å². The van der Waals surface area contributed by atoms with Gasteiger partial charge in [0.25, 0.3) is 0 Å². The zero-order chi connectivity index (χ0) is 13.9. The van der Waals surface area contributed by atoms with Crippen LogP contribution in [0.2, 0.25) is 5.02 Å². The van der Waals surface area contributed by atoms with Crippen LogP contribution in [-0.4, -0.2) is 5.11 Å². The number of rotatable bonds is 3. The average Bonchev–Trinajstić information content (AvgIpc) is 2.49. The molecule has 0 radical (unpaired) electrons. The fraction of sp³-hybridized carbons (Fsp3) is 0.0588. The Morgan fingerprint density at radius 2 is 1.70 bits per heavy atom. The second kappa shape index (κ2) is 5.53. The van der Waals surface area contributed by atoms with E-state index >= 15 is 0 Å². The quantitative estimate of drug-likeness (QED) is 0.750. The van der Waals surface area contributed by atoms with Gasteiger partial charge in [-0.05, 0) is 29.1 Å². The predicted octanol–water partition coefficient (Wildman–Crippen LogP) is 4.78. The van der Waals surface area contributed by atoms with Gasteiger partial charge in [0.05, 0.1) is 11.6 Å². The molecule has 100 valence electrons. The molecule has 0 aliphatic carbocycles. The van der Waals surface area contributed by atoms with Gasteiger partial charge in [-0.3, -0.25) is 0 Å². The molecule has 0 aromatic heterocycles. The summed E-state index contributed by atoms with van der Waals surface area (Å²) in [4.78, 5) is 0. The van der Waals surface area contributed by atoms with E-state index in [1.807, 2.05) is 42.5 Å². The first-order valence-corrected chi connectivity index (χ1v) is 6.70. The number of fused-ring (bicyclic) bond motifs is 1. The van der Waals surface area contributed by atoms with E-state index in [-0.39, 0.29) is 6.61 Å². The molecule has 2 nitrogen and oxygen atoms in total. The van der Waals surface area contributed by atoms with Gasteiger partial charge >= 0.3 is 0 Å². The Labute approximate surface area is 122 Å². The second-order valence-corrected chi connectivity index (χ2v) is 4.91. The second-order valence-electron chi connectivity index (χ2n) is 4.50. The predicted molar refractivity (Wildman–Crippen MR) is 81.4 cm³/mol. The van der Waals surface area contributed by atoms with Crippen LogP contribution in [0.1, 0.15) is 5.56 Å². The van der Waals surface area contributed by atoms with Gasteiger partial charge in [-0.1, -0.05) is 54.1 Å². The van der Waals surface area contributed by atoms with Crippen LogP contribution in [0.5, 0.6) is 11.5 Å². The van der Waals surface area contributed by atoms with Gasteiger partial charge in [-0.15, -0.1) is 0 Å². The maximum atomic E-state index is 9.08. The lowest BCUT2D eigenvalue weighted by Crippen LogP contribution is -1.89. The van der Waals surface area contributed by atoms with Crippen LogP contribution < -0.4 is 4.74 Å². The summed E-state index contributed by atoms with van der Waals surface area (Å²) >= 11 is 6.17. The average molecular weight is 285 g/mol. The van der Waals surface area contributed by atoms with E-state index in [0.717, 1.165) is 22.1 Å². The lowest BCUT2D eigenvalue weighted by molar-refractivity contribution is 0.281. The van der Waals surface area contributed by atoms with Crippen molar-refractivity contribution in [2.24, 2.45) is 0 Å². The van der Waals surface area contributed by atoms with Crippen molar-refractivity contribution in [3.8, 4) is 11.5 Å². The SMILES string of the molecule is OCc1ccc(Oc2cccc3ccccc23)c(Cl)c1. The molecule has 0 atom stereocenters. The molecule has 3 aromatic carbocycles. The first-order valence-electron chi connectivity index (χ1n) is 6.33. The smallest absolute Gasteiger partial charge is 0.146 e. The van der Waals surface area contributed by atoms with E-state index in [4.69, 9.17) is 21.4 Å². The molecule has 3 rings (SSSR count). The zero-order valence-electron chi connectivity index (χ0n) is 10.7. The van der Waals surface area contributed by atoms with E-state index < -0.39 is 0 Å². The number of benzene rings is 3. The highest BCUT2D eigenvalue weighted by Crippen LogP contribution is 2.34. The topological polar surface area (TPSA) is 29.5 Å². The van der Waals surface area contributed by atoms with Crippen LogP contribution in [0.25, 0.3) is 10.8 Å². The molecule has 20 heavy (non-hydrogen) atoms. The monoisotopic (exact) mass is 284 g/mol. The Balaban J connectivity index is 2.01. The summed E-state index contributed by atoms with van der Waals surface area (Å²) in [5.74, 6) is 1.35. The van der Waals surface area contributed by atoms with Crippen LogP contribution in [0, 0.1) is 0 Å². The number of ether oxygens (including phenoxy) is 1. The molecule has 0 amide bonds. The number of aliphatic hydroxyl groups excluding tert-OH is 1. The Kier molecular flexibility index (Phi) is 3.59. The minimum Gasteiger partial charge on any atom is -0.455 e. The fourth-order valence-electron chi connectivity index (χ4n) is 2.13. The fourth-order valence-corrected chi connectivity index (χ4v) is 2.37. The normalized spacial score (nSPS) is 10.7. The van der Waals surface area contributed by atoms with E-state index in [1.54, 1.807) is 18.2 Å².